The van der Waals surface area contributed by atoms with Gasteiger partial charge in [-0.3, -0.25) is 4.79 Å². The molecular weight excluding hydrogens is 268 g/mol. The van der Waals surface area contributed by atoms with Gasteiger partial charge in [-0.2, -0.15) is 0 Å². The number of hydrogen-bond donors (Lipinski definition) is 0. The lowest BCUT2D eigenvalue weighted by molar-refractivity contribution is -0.119. The Morgan fingerprint density at radius 2 is 0.773 bits per heavy atom. The molecule has 0 saturated heterocycles. The molecule has 0 unspecified atom stereocenters. The highest BCUT2D eigenvalue weighted by Gasteiger charge is 2.02. The molecule has 22 heavy (non-hydrogen) atoms. The first-order valence-electron chi connectivity index (χ1n) is 10.1. The zero-order valence-corrected chi connectivity index (χ0v) is 14.8. The summed E-state index contributed by atoms with van der Waals surface area (Å²) in [5.74, 6) is 0.510. The van der Waals surface area contributed by atoms with E-state index in [2.05, 4.69) is 12.2 Å². The molecule has 0 aromatic carbocycles. The van der Waals surface area contributed by atoms with E-state index in [0.29, 0.717) is 5.78 Å². The minimum Gasteiger partial charge on any atom is -0.300 e. The van der Waals surface area contributed by atoms with E-state index in [1.165, 1.54) is 89.9 Å². The van der Waals surface area contributed by atoms with Crippen LogP contribution in [0.15, 0.2) is 12.2 Å². The van der Waals surface area contributed by atoms with Gasteiger partial charge in [0.2, 0.25) is 0 Å². The summed E-state index contributed by atoms with van der Waals surface area (Å²) in [5.41, 5.74) is 0. The van der Waals surface area contributed by atoms with E-state index < -0.39 is 0 Å². The number of carbonyl (C=O) groups is 1. The van der Waals surface area contributed by atoms with Gasteiger partial charge in [0.05, 0.1) is 0 Å². The van der Waals surface area contributed by atoms with E-state index in [-0.39, 0.29) is 0 Å². The lowest BCUT2D eigenvalue weighted by Gasteiger charge is -2.03. The van der Waals surface area contributed by atoms with Crippen LogP contribution in [0.3, 0.4) is 0 Å². The molecule has 0 saturated carbocycles. The second-order valence-electron chi connectivity index (χ2n) is 7.04. The molecule has 1 rings (SSSR count). The Labute approximate surface area is 139 Å². The number of Topliss-reactive ketones (excluding diaryl/α,β-unsaturated/α-hetero) is 1. The molecule has 0 radical (unpaired) electrons. The molecule has 0 heterocycles. The van der Waals surface area contributed by atoms with Crippen LogP contribution in [0.25, 0.3) is 0 Å². The average Bonchev–Trinajstić information content (AvgIpc) is 2.52. The normalized spacial score (nSPS) is 24.3. The van der Waals surface area contributed by atoms with Gasteiger partial charge in [-0.1, -0.05) is 76.4 Å². The van der Waals surface area contributed by atoms with Gasteiger partial charge in [-0.25, -0.2) is 0 Å². The minimum atomic E-state index is 0.510. The Morgan fingerprint density at radius 3 is 1.18 bits per heavy atom. The molecule has 0 spiro atoms. The third-order valence-corrected chi connectivity index (χ3v) is 4.82. The Hall–Kier alpha value is -0.590. The number of rotatable bonds is 0. The van der Waals surface area contributed by atoms with Crippen LogP contribution in [0.1, 0.15) is 116 Å². The van der Waals surface area contributed by atoms with Crippen molar-refractivity contribution in [3.05, 3.63) is 12.2 Å². The van der Waals surface area contributed by atoms with Crippen molar-refractivity contribution in [1.29, 1.82) is 0 Å². The molecule has 0 bridgehead atoms. The molecule has 1 nitrogen and oxygen atoms in total. The zero-order chi connectivity index (χ0) is 15.7. The van der Waals surface area contributed by atoms with Gasteiger partial charge >= 0.3 is 0 Å². The maximum Gasteiger partial charge on any atom is 0.132 e. The Morgan fingerprint density at radius 1 is 0.455 bits per heavy atom. The average molecular weight is 307 g/mol. The molecule has 128 valence electrons. The summed E-state index contributed by atoms with van der Waals surface area (Å²) >= 11 is 0. The minimum absolute atomic E-state index is 0.510. The summed E-state index contributed by atoms with van der Waals surface area (Å²) in [7, 11) is 0. The Balaban J connectivity index is 2.14. The topological polar surface area (TPSA) is 17.1 Å². The summed E-state index contributed by atoms with van der Waals surface area (Å²) in [6.07, 6.45) is 27.4. The van der Waals surface area contributed by atoms with Gasteiger partial charge in [0.25, 0.3) is 0 Å². The maximum atomic E-state index is 11.8. The highest BCUT2D eigenvalue weighted by molar-refractivity contribution is 5.78. The predicted octanol–water partition coefficient (Wildman–Crippen LogP) is 7.15. The lowest BCUT2D eigenvalue weighted by Crippen LogP contribution is -1.97. The first kappa shape index (κ1) is 19.5. The fraction of sp³-hybridized carbons (Fsp3) is 0.857. The standard InChI is InChI=1S/C21H38O/c22-21-19-17-15-13-11-9-7-5-3-1-2-4-6-8-10-12-14-16-18-20-21/h1,3H,2,4-20H2/b3-1-. The van der Waals surface area contributed by atoms with E-state index in [1.807, 2.05) is 0 Å². The third kappa shape index (κ3) is 13.1. The first-order valence-corrected chi connectivity index (χ1v) is 10.1. The summed E-state index contributed by atoms with van der Waals surface area (Å²) in [6, 6.07) is 0. The van der Waals surface area contributed by atoms with Gasteiger partial charge < -0.3 is 0 Å². The largest absolute Gasteiger partial charge is 0.300 e. The fourth-order valence-electron chi connectivity index (χ4n) is 3.30. The predicted molar refractivity (Wildman–Crippen MR) is 97.3 cm³/mol. The molecule has 0 atom stereocenters. The molecule has 0 fully saturated rings. The van der Waals surface area contributed by atoms with Gasteiger partial charge in [-0.05, 0) is 38.5 Å². The SMILES string of the molecule is O=C1CCCCCCCC/C=C\CCCCCCCCCC1. The van der Waals surface area contributed by atoms with E-state index in [0.717, 1.165) is 25.7 Å². The summed E-state index contributed by atoms with van der Waals surface area (Å²) in [5, 5.41) is 0. The number of ketones is 1. The van der Waals surface area contributed by atoms with Crippen molar-refractivity contribution >= 4 is 5.78 Å². The maximum absolute atomic E-state index is 11.8. The van der Waals surface area contributed by atoms with Crippen LogP contribution in [0.4, 0.5) is 0 Å². The lowest BCUT2D eigenvalue weighted by atomic mass is 10.0. The molecule has 1 heteroatoms. The molecule has 1 aliphatic rings. The van der Waals surface area contributed by atoms with Crippen molar-refractivity contribution in [2.75, 3.05) is 0 Å². The third-order valence-electron chi connectivity index (χ3n) is 4.82. The van der Waals surface area contributed by atoms with E-state index in [1.54, 1.807) is 0 Å². The van der Waals surface area contributed by atoms with E-state index in [4.69, 9.17) is 0 Å². The van der Waals surface area contributed by atoms with Crippen LogP contribution >= 0.6 is 0 Å². The molecule has 0 amide bonds. The van der Waals surface area contributed by atoms with E-state index >= 15 is 0 Å². The number of carbonyl (C=O) groups excluding carboxylic acids is 1. The van der Waals surface area contributed by atoms with E-state index in [9.17, 15) is 4.79 Å². The second-order valence-corrected chi connectivity index (χ2v) is 7.04. The van der Waals surface area contributed by atoms with Crippen molar-refractivity contribution < 1.29 is 4.79 Å². The van der Waals surface area contributed by atoms with Crippen molar-refractivity contribution in [3.63, 3.8) is 0 Å². The monoisotopic (exact) mass is 306 g/mol. The van der Waals surface area contributed by atoms with Crippen molar-refractivity contribution in [2.45, 2.75) is 116 Å². The van der Waals surface area contributed by atoms with Crippen LogP contribution < -0.4 is 0 Å². The van der Waals surface area contributed by atoms with Crippen LogP contribution in [-0.4, -0.2) is 5.78 Å². The van der Waals surface area contributed by atoms with Crippen LogP contribution in [0.5, 0.6) is 0 Å². The molecular formula is C21H38O. The molecule has 0 aliphatic heterocycles. The molecule has 0 aromatic rings. The van der Waals surface area contributed by atoms with Crippen LogP contribution in [-0.2, 0) is 4.79 Å². The number of allylic oxidation sites excluding steroid dienone is 2. The van der Waals surface area contributed by atoms with Crippen molar-refractivity contribution in [1.82, 2.24) is 0 Å². The quantitative estimate of drug-likeness (QED) is 0.434. The Kier molecular flexibility index (Phi) is 13.5. The highest BCUT2D eigenvalue weighted by Crippen LogP contribution is 2.14. The van der Waals surface area contributed by atoms with Crippen molar-refractivity contribution in [3.8, 4) is 0 Å². The fourth-order valence-corrected chi connectivity index (χ4v) is 3.30. The van der Waals surface area contributed by atoms with Gasteiger partial charge in [-0.15, -0.1) is 0 Å². The molecule has 0 N–H and O–H groups in total. The summed E-state index contributed by atoms with van der Waals surface area (Å²) in [6.45, 7) is 0. The van der Waals surface area contributed by atoms with Crippen molar-refractivity contribution in [2.24, 2.45) is 0 Å². The molecule has 1 aliphatic carbocycles. The van der Waals surface area contributed by atoms with Crippen LogP contribution in [0, 0.1) is 0 Å². The smallest absolute Gasteiger partial charge is 0.132 e. The number of hydrogen-bond acceptors (Lipinski definition) is 1. The second kappa shape index (κ2) is 15.3. The zero-order valence-electron chi connectivity index (χ0n) is 14.8. The Bertz CT molecular complexity index is 280. The molecule has 0 aromatic heterocycles. The van der Waals surface area contributed by atoms with Gasteiger partial charge in [0.1, 0.15) is 5.78 Å². The van der Waals surface area contributed by atoms with Crippen LogP contribution in [0.2, 0.25) is 0 Å². The summed E-state index contributed by atoms with van der Waals surface area (Å²) in [4.78, 5) is 11.8. The van der Waals surface area contributed by atoms with Gasteiger partial charge in [0, 0.05) is 12.8 Å². The summed E-state index contributed by atoms with van der Waals surface area (Å²) < 4.78 is 0. The van der Waals surface area contributed by atoms with Gasteiger partial charge in [0.15, 0.2) is 0 Å². The highest BCUT2D eigenvalue weighted by atomic mass is 16.1. The first-order chi connectivity index (χ1) is 10.9.